The summed E-state index contributed by atoms with van der Waals surface area (Å²) in [6.07, 6.45) is 3.67. The van der Waals surface area contributed by atoms with Gasteiger partial charge in [-0.1, -0.05) is 13.3 Å². The van der Waals surface area contributed by atoms with E-state index in [4.69, 9.17) is 5.73 Å². The van der Waals surface area contributed by atoms with E-state index >= 15 is 0 Å². The van der Waals surface area contributed by atoms with Crippen molar-refractivity contribution in [2.45, 2.75) is 58.5 Å². The summed E-state index contributed by atoms with van der Waals surface area (Å²) in [7, 11) is 0. The predicted molar refractivity (Wildman–Crippen MR) is 84.0 cm³/mol. The number of rotatable bonds is 6. The third-order valence-corrected chi connectivity index (χ3v) is 4.11. The highest BCUT2D eigenvalue weighted by Crippen LogP contribution is 2.19. The maximum absolute atomic E-state index is 12.3. The molecule has 0 aromatic rings. The molecule has 0 spiro atoms. The fraction of sp³-hybridized carbons (Fsp3) is 0.800. The fourth-order valence-corrected chi connectivity index (χ4v) is 2.83. The highest BCUT2D eigenvalue weighted by Gasteiger charge is 2.31. The Balaban J connectivity index is 2.54. The van der Waals surface area contributed by atoms with Crippen LogP contribution >= 0.6 is 0 Å². The molecule has 0 aromatic carbocycles. The molecule has 0 aromatic heterocycles. The van der Waals surface area contributed by atoms with Crippen molar-refractivity contribution in [3.05, 3.63) is 0 Å². The Morgan fingerprint density at radius 2 is 2.00 bits per heavy atom. The van der Waals surface area contributed by atoms with Gasteiger partial charge in [0.2, 0.25) is 11.8 Å². The van der Waals surface area contributed by atoms with E-state index in [2.05, 4.69) is 17.6 Å². The van der Waals surface area contributed by atoms with Crippen LogP contribution in [0.4, 0.5) is 4.79 Å². The van der Waals surface area contributed by atoms with Crippen LogP contribution in [-0.4, -0.2) is 47.9 Å². The van der Waals surface area contributed by atoms with Gasteiger partial charge in [0.1, 0.15) is 0 Å². The van der Waals surface area contributed by atoms with Gasteiger partial charge < -0.3 is 11.1 Å². The molecule has 4 N–H and O–H groups in total. The largest absolute Gasteiger partial charge is 0.353 e. The summed E-state index contributed by atoms with van der Waals surface area (Å²) in [5.74, 6) is -0.488. The van der Waals surface area contributed by atoms with Crippen molar-refractivity contribution in [3.63, 3.8) is 0 Å². The zero-order valence-electron chi connectivity index (χ0n) is 13.7. The minimum Gasteiger partial charge on any atom is -0.353 e. The molecule has 7 heteroatoms. The first-order valence-corrected chi connectivity index (χ1v) is 7.99. The van der Waals surface area contributed by atoms with Crippen LogP contribution in [0.25, 0.3) is 0 Å². The Morgan fingerprint density at radius 1 is 1.32 bits per heavy atom. The summed E-state index contributed by atoms with van der Waals surface area (Å²) in [5, 5.41) is 5.12. The summed E-state index contributed by atoms with van der Waals surface area (Å²) in [5.41, 5.74) is 4.97. The molecule has 1 aliphatic heterocycles. The topological polar surface area (TPSA) is 105 Å². The van der Waals surface area contributed by atoms with Crippen LogP contribution in [0.2, 0.25) is 0 Å². The van der Waals surface area contributed by atoms with E-state index in [0.29, 0.717) is 6.54 Å². The Kier molecular flexibility index (Phi) is 7.31. The van der Waals surface area contributed by atoms with Crippen LogP contribution in [0.1, 0.15) is 46.5 Å². The molecule has 1 heterocycles. The smallest absolute Gasteiger partial charge is 0.318 e. The van der Waals surface area contributed by atoms with E-state index in [1.165, 1.54) is 0 Å². The molecule has 22 heavy (non-hydrogen) atoms. The van der Waals surface area contributed by atoms with Gasteiger partial charge in [-0.3, -0.25) is 19.8 Å². The second-order valence-corrected chi connectivity index (χ2v) is 6.06. The molecule has 1 rings (SSSR count). The van der Waals surface area contributed by atoms with Gasteiger partial charge in [-0.25, -0.2) is 4.79 Å². The molecular formula is C15H28N4O3. The number of hydrogen-bond acceptors (Lipinski definition) is 4. The number of nitrogens with one attached hydrogen (secondary N) is 2. The van der Waals surface area contributed by atoms with E-state index in [1.807, 2.05) is 11.8 Å². The van der Waals surface area contributed by atoms with E-state index < -0.39 is 18.0 Å². The summed E-state index contributed by atoms with van der Waals surface area (Å²) in [6.45, 7) is 7.08. The molecule has 0 unspecified atom stereocenters. The molecule has 1 saturated heterocycles. The molecule has 4 amide bonds. The van der Waals surface area contributed by atoms with Gasteiger partial charge in [0.25, 0.3) is 0 Å². The summed E-state index contributed by atoms with van der Waals surface area (Å²) < 4.78 is 0. The normalized spacial score (nSPS) is 21.7. The quantitative estimate of drug-likeness (QED) is 0.667. The SMILES string of the molecule is CCC[C@H](C)NC(=O)[C@H]1CCCN([C@H](C)C(=O)NC(N)=O)C1. The number of piperidine rings is 1. The minimum absolute atomic E-state index is 0.0492. The molecule has 0 aliphatic carbocycles. The molecule has 0 bridgehead atoms. The monoisotopic (exact) mass is 312 g/mol. The van der Waals surface area contributed by atoms with Crippen molar-refractivity contribution >= 4 is 17.8 Å². The first-order chi connectivity index (χ1) is 10.3. The maximum Gasteiger partial charge on any atom is 0.318 e. The molecule has 0 radical (unpaired) electrons. The molecule has 0 saturated carbocycles. The van der Waals surface area contributed by atoms with Gasteiger partial charge in [-0.15, -0.1) is 0 Å². The third kappa shape index (κ3) is 5.63. The summed E-state index contributed by atoms with van der Waals surface area (Å²) in [4.78, 5) is 36.8. The lowest BCUT2D eigenvalue weighted by molar-refractivity contribution is -0.131. The lowest BCUT2D eigenvalue weighted by Crippen LogP contribution is -2.53. The average molecular weight is 312 g/mol. The van der Waals surface area contributed by atoms with Crippen molar-refractivity contribution in [1.82, 2.24) is 15.5 Å². The van der Waals surface area contributed by atoms with Gasteiger partial charge in [0, 0.05) is 12.6 Å². The first-order valence-electron chi connectivity index (χ1n) is 7.99. The number of urea groups is 1. The van der Waals surface area contributed by atoms with Gasteiger partial charge >= 0.3 is 6.03 Å². The van der Waals surface area contributed by atoms with Gasteiger partial charge in [-0.05, 0) is 39.7 Å². The Labute approximate surface area is 132 Å². The van der Waals surface area contributed by atoms with Crippen molar-refractivity contribution in [2.75, 3.05) is 13.1 Å². The van der Waals surface area contributed by atoms with E-state index in [9.17, 15) is 14.4 Å². The third-order valence-electron chi connectivity index (χ3n) is 4.11. The van der Waals surface area contributed by atoms with Crippen molar-refractivity contribution in [3.8, 4) is 0 Å². The highest BCUT2D eigenvalue weighted by molar-refractivity contribution is 5.96. The Hall–Kier alpha value is -1.63. The standard InChI is InChI=1S/C15H28N4O3/c1-4-6-10(2)17-14(21)12-7-5-8-19(9-12)11(3)13(20)18-15(16)22/h10-12H,4-9H2,1-3H3,(H,17,21)(H3,16,18,20,22)/t10-,11+,12-/m0/s1. The van der Waals surface area contributed by atoms with Crippen LogP contribution in [0, 0.1) is 5.92 Å². The fourth-order valence-electron chi connectivity index (χ4n) is 2.83. The number of nitrogens with two attached hydrogens (primary N) is 1. The molecule has 3 atom stereocenters. The van der Waals surface area contributed by atoms with E-state index in [-0.39, 0.29) is 17.9 Å². The number of hydrogen-bond donors (Lipinski definition) is 3. The van der Waals surface area contributed by atoms with E-state index in [1.54, 1.807) is 6.92 Å². The van der Waals surface area contributed by atoms with Crippen LogP contribution < -0.4 is 16.4 Å². The number of primary amides is 1. The second-order valence-electron chi connectivity index (χ2n) is 6.06. The molecule has 1 aliphatic rings. The maximum atomic E-state index is 12.3. The summed E-state index contributed by atoms with van der Waals surface area (Å²) >= 11 is 0. The average Bonchev–Trinajstić information content (AvgIpc) is 2.46. The lowest BCUT2D eigenvalue weighted by Gasteiger charge is -2.35. The van der Waals surface area contributed by atoms with Gasteiger partial charge in [0.05, 0.1) is 12.0 Å². The van der Waals surface area contributed by atoms with Crippen LogP contribution in [-0.2, 0) is 9.59 Å². The number of carbonyl (C=O) groups excluding carboxylic acids is 3. The molecule has 7 nitrogen and oxygen atoms in total. The van der Waals surface area contributed by atoms with E-state index in [0.717, 1.165) is 32.2 Å². The molecule has 126 valence electrons. The highest BCUT2D eigenvalue weighted by atomic mass is 16.2. The Bertz CT molecular complexity index is 414. The van der Waals surface area contributed by atoms with Crippen LogP contribution in [0.3, 0.4) is 0 Å². The zero-order valence-corrected chi connectivity index (χ0v) is 13.7. The number of amides is 4. The first kappa shape index (κ1) is 18.4. The number of likely N-dealkylation sites (tertiary alicyclic amines) is 1. The van der Waals surface area contributed by atoms with Crippen molar-refractivity contribution < 1.29 is 14.4 Å². The number of nitrogens with zero attached hydrogens (tertiary/aromatic N) is 1. The summed E-state index contributed by atoms with van der Waals surface area (Å²) in [6, 6.07) is -1.16. The second kappa shape index (κ2) is 8.73. The van der Waals surface area contributed by atoms with Crippen molar-refractivity contribution in [2.24, 2.45) is 11.7 Å². The Morgan fingerprint density at radius 3 is 2.59 bits per heavy atom. The lowest BCUT2D eigenvalue weighted by atomic mass is 9.95. The predicted octanol–water partition coefficient (Wildman–Crippen LogP) is 0.587. The van der Waals surface area contributed by atoms with Gasteiger partial charge in [0.15, 0.2) is 0 Å². The van der Waals surface area contributed by atoms with Crippen LogP contribution in [0.15, 0.2) is 0 Å². The van der Waals surface area contributed by atoms with Crippen molar-refractivity contribution in [1.29, 1.82) is 0 Å². The number of imide groups is 1. The minimum atomic E-state index is -0.850. The van der Waals surface area contributed by atoms with Gasteiger partial charge in [-0.2, -0.15) is 0 Å². The molecule has 1 fully saturated rings. The molecular weight excluding hydrogens is 284 g/mol. The number of carbonyl (C=O) groups is 3. The zero-order chi connectivity index (χ0) is 16.7. The van der Waals surface area contributed by atoms with Crippen LogP contribution in [0.5, 0.6) is 0 Å².